The smallest absolute Gasteiger partial charge is 0.238 e. The van der Waals surface area contributed by atoms with Gasteiger partial charge in [0.2, 0.25) is 5.95 Å². The fraction of sp³-hybridized carbons (Fsp3) is 0.0926. The number of hydrogen-bond acceptors (Lipinski definition) is 4. The minimum atomic E-state index is -0.0774. The third kappa shape index (κ3) is 5.35. The van der Waals surface area contributed by atoms with Crippen molar-refractivity contribution in [3.63, 3.8) is 0 Å². The molecule has 0 saturated heterocycles. The van der Waals surface area contributed by atoms with Crippen LogP contribution in [0.5, 0.6) is 0 Å². The third-order valence-corrected chi connectivity index (χ3v) is 12.0. The number of para-hydroxylation sites is 2. The monoisotopic (exact) mass is 760 g/mol. The summed E-state index contributed by atoms with van der Waals surface area (Å²) in [6.07, 6.45) is 0. The predicted octanol–water partition coefficient (Wildman–Crippen LogP) is 14.4. The average molecular weight is 761 g/mol. The van der Waals surface area contributed by atoms with Gasteiger partial charge >= 0.3 is 0 Å². The van der Waals surface area contributed by atoms with Crippen molar-refractivity contribution in [2.45, 2.75) is 33.1 Å². The van der Waals surface area contributed by atoms with Gasteiger partial charge in [0.05, 0.1) is 11.0 Å². The molecule has 0 bridgehead atoms. The Labute approximate surface area is 342 Å². The molecule has 8 aromatic carbocycles. The molecule has 59 heavy (non-hydrogen) atoms. The molecular formula is C54H40N4O. The standard InChI is InChI=1S/C52H34N4O.C2H6/c1-52(2)43-21-10-8-17-37(43)41-28-34(24-26-44(41)52)36-19-12-20-40-42-27-32-15-6-7-16-33(32)29-45(42)56(48(36)40)51-54-49(31-13-4-3-5-14-31)53-50(55-51)35-23-25-39-38-18-9-11-22-46(38)57-47(39)30-35;1-2/h3-30H,1-2H3;1-2H3. The maximum atomic E-state index is 6.34. The zero-order valence-corrected chi connectivity index (χ0v) is 33.4. The second-order valence-corrected chi connectivity index (χ2v) is 15.6. The van der Waals surface area contributed by atoms with E-state index in [1.54, 1.807) is 0 Å². The molecule has 1 aliphatic rings. The van der Waals surface area contributed by atoms with E-state index >= 15 is 0 Å². The van der Waals surface area contributed by atoms with Crippen molar-refractivity contribution in [3.8, 4) is 51.0 Å². The van der Waals surface area contributed by atoms with Gasteiger partial charge in [0.25, 0.3) is 0 Å². The number of rotatable bonds is 4. The maximum absolute atomic E-state index is 6.34. The van der Waals surface area contributed by atoms with Crippen LogP contribution in [0, 0.1) is 0 Å². The van der Waals surface area contributed by atoms with Crippen LogP contribution < -0.4 is 0 Å². The van der Waals surface area contributed by atoms with E-state index in [1.807, 2.05) is 50.2 Å². The average Bonchev–Trinajstić information content (AvgIpc) is 3.91. The van der Waals surface area contributed by atoms with E-state index in [2.05, 4.69) is 152 Å². The second-order valence-electron chi connectivity index (χ2n) is 15.6. The van der Waals surface area contributed by atoms with Crippen LogP contribution in [-0.2, 0) is 5.41 Å². The van der Waals surface area contributed by atoms with E-state index in [0.717, 1.165) is 71.4 Å². The summed E-state index contributed by atoms with van der Waals surface area (Å²) in [5.74, 6) is 1.73. The SMILES string of the molecule is CC.CC1(C)c2ccccc2-c2cc(-c3cccc4c5cc6ccccc6cc5n(-c5nc(-c6ccccc6)nc(-c6ccc7c(c6)oc6ccccc67)n5)c34)ccc21. The number of nitrogens with zero attached hydrogens (tertiary/aromatic N) is 4. The number of furan rings is 1. The van der Waals surface area contributed by atoms with E-state index in [4.69, 9.17) is 19.4 Å². The molecule has 11 aromatic rings. The second kappa shape index (κ2) is 13.4. The number of hydrogen-bond donors (Lipinski definition) is 0. The number of benzene rings is 8. The first-order valence-electron chi connectivity index (χ1n) is 20.4. The summed E-state index contributed by atoms with van der Waals surface area (Å²) >= 11 is 0. The zero-order valence-electron chi connectivity index (χ0n) is 33.4. The fourth-order valence-electron chi connectivity index (χ4n) is 9.25. The highest BCUT2D eigenvalue weighted by molar-refractivity contribution is 6.17. The van der Waals surface area contributed by atoms with Crippen molar-refractivity contribution < 1.29 is 4.42 Å². The van der Waals surface area contributed by atoms with E-state index in [1.165, 1.54) is 27.6 Å². The highest BCUT2D eigenvalue weighted by Gasteiger charge is 2.35. The van der Waals surface area contributed by atoms with Crippen LogP contribution >= 0.6 is 0 Å². The first-order valence-corrected chi connectivity index (χ1v) is 20.4. The van der Waals surface area contributed by atoms with E-state index in [0.29, 0.717) is 17.6 Å². The highest BCUT2D eigenvalue weighted by atomic mass is 16.3. The molecule has 0 atom stereocenters. The Hall–Kier alpha value is -7.37. The molecule has 3 heterocycles. The van der Waals surface area contributed by atoms with Gasteiger partial charge in [-0.25, -0.2) is 4.98 Å². The third-order valence-electron chi connectivity index (χ3n) is 12.0. The van der Waals surface area contributed by atoms with E-state index < -0.39 is 0 Å². The van der Waals surface area contributed by atoms with Crippen molar-refractivity contribution in [2.75, 3.05) is 0 Å². The minimum Gasteiger partial charge on any atom is -0.456 e. The van der Waals surface area contributed by atoms with Gasteiger partial charge in [0.1, 0.15) is 11.2 Å². The molecule has 0 saturated carbocycles. The van der Waals surface area contributed by atoms with Gasteiger partial charge in [-0.2, -0.15) is 9.97 Å². The molecule has 0 aliphatic heterocycles. The van der Waals surface area contributed by atoms with Gasteiger partial charge in [-0.3, -0.25) is 4.57 Å². The molecule has 0 spiro atoms. The van der Waals surface area contributed by atoms with Crippen LogP contribution in [0.2, 0.25) is 0 Å². The lowest BCUT2D eigenvalue weighted by atomic mass is 9.82. The lowest BCUT2D eigenvalue weighted by Crippen LogP contribution is -2.14. The van der Waals surface area contributed by atoms with Gasteiger partial charge in [-0.15, -0.1) is 0 Å². The van der Waals surface area contributed by atoms with Crippen molar-refractivity contribution >= 4 is 54.5 Å². The van der Waals surface area contributed by atoms with E-state index in [-0.39, 0.29) is 5.41 Å². The lowest BCUT2D eigenvalue weighted by Gasteiger charge is -2.21. The molecule has 0 radical (unpaired) electrons. The van der Waals surface area contributed by atoms with Crippen LogP contribution in [0.1, 0.15) is 38.8 Å². The molecule has 282 valence electrons. The summed E-state index contributed by atoms with van der Waals surface area (Å²) in [6.45, 7) is 8.66. The van der Waals surface area contributed by atoms with Gasteiger partial charge in [0.15, 0.2) is 11.6 Å². The molecule has 5 nitrogen and oxygen atoms in total. The Balaban J connectivity index is 0.00000196. The molecule has 1 aliphatic carbocycles. The molecule has 3 aromatic heterocycles. The van der Waals surface area contributed by atoms with Crippen molar-refractivity contribution in [2.24, 2.45) is 0 Å². The van der Waals surface area contributed by atoms with Crippen LogP contribution in [0.3, 0.4) is 0 Å². The summed E-state index contributed by atoms with van der Waals surface area (Å²) in [5, 5.41) is 6.77. The lowest BCUT2D eigenvalue weighted by molar-refractivity contribution is 0.660. The molecule has 12 rings (SSSR count). The van der Waals surface area contributed by atoms with Gasteiger partial charge in [0, 0.05) is 43.7 Å². The first-order chi connectivity index (χ1) is 29.0. The molecule has 0 N–H and O–H groups in total. The molecule has 0 fully saturated rings. The Morgan fingerprint density at radius 1 is 0.441 bits per heavy atom. The summed E-state index contributed by atoms with van der Waals surface area (Å²) in [4.78, 5) is 15.8. The normalized spacial score (nSPS) is 12.9. The highest BCUT2D eigenvalue weighted by Crippen LogP contribution is 2.50. The molecule has 5 heteroatoms. The zero-order chi connectivity index (χ0) is 39.8. The summed E-state index contributed by atoms with van der Waals surface area (Å²) in [7, 11) is 0. The summed E-state index contributed by atoms with van der Waals surface area (Å²) < 4.78 is 8.60. The predicted molar refractivity (Wildman–Crippen MR) is 244 cm³/mol. The van der Waals surface area contributed by atoms with Crippen molar-refractivity contribution in [1.82, 2.24) is 19.5 Å². The van der Waals surface area contributed by atoms with Crippen LogP contribution in [-0.4, -0.2) is 19.5 Å². The van der Waals surface area contributed by atoms with Crippen LogP contribution in [0.25, 0.3) is 105 Å². The Bertz CT molecular complexity index is 3450. The Morgan fingerprint density at radius 2 is 1.08 bits per heavy atom. The maximum Gasteiger partial charge on any atom is 0.238 e. The van der Waals surface area contributed by atoms with Crippen LogP contribution in [0.15, 0.2) is 174 Å². The van der Waals surface area contributed by atoms with Crippen molar-refractivity contribution in [1.29, 1.82) is 0 Å². The number of fused-ring (bicyclic) bond motifs is 10. The van der Waals surface area contributed by atoms with Gasteiger partial charge in [-0.1, -0.05) is 161 Å². The summed E-state index contributed by atoms with van der Waals surface area (Å²) in [5.41, 5.74) is 13.0. The minimum absolute atomic E-state index is 0.0774. The molecular weight excluding hydrogens is 721 g/mol. The number of aromatic nitrogens is 4. The van der Waals surface area contributed by atoms with Gasteiger partial charge < -0.3 is 4.42 Å². The van der Waals surface area contributed by atoms with E-state index in [9.17, 15) is 0 Å². The Kier molecular flexibility index (Phi) is 7.89. The van der Waals surface area contributed by atoms with Crippen molar-refractivity contribution in [3.05, 3.63) is 181 Å². The molecule has 0 amide bonds. The largest absolute Gasteiger partial charge is 0.456 e. The summed E-state index contributed by atoms with van der Waals surface area (Å²) in [6, 6.07) is 60.2. The molecule has 0 unspecified atom stereocenters. The topological polar surface area (TPSA) is 56.7 Å². The first kappa shape index (κ1) is 34.8. The van der Waals surface area contributed by atoms with Gasteiger partial charge in [-0.05, 0) is 75.0 Å². The Morgan fingerprint density at radius 3 is 1.93 bits per heavy atom. The van der Waals surface area contributed by atoms with Crippen LogP contribution in [0.4, 0.5) is 0 Å². The fourth-order valence-corrected chi connectivity index (χ4v) is 9.25. The quantitative estimate of drug-likeness (QED) is 0.179.